The molecule has 6 heteroatoms. The van der Waals surface area contributed by atoms with Crippen molar-refractivity contribution < 1.29 is 19.7 Å². The van der Waals surface area contributed by atoms with E-state index in [-0.39, 0.29) is 30.8 Å². The molecule has 29 heavy (non-hydrogen) atoms. The summed E-state index contributed by atoms with van der Waals surface area (Å²) in [6.07, 6.45) is 13.4. The Labute approximate surface area is 170 Å². The normalized spacial score (nSPS) is 11.8. The second-order valence-corrected chi connectivity index (χ2v) is 6.05. The highest BCUT2D eigenvalue weighted by atomic mass is 16.5. The molecule has 0 bridgehead atoms. The Morgan fingerprint density at radius 3 is 1.93 bits per heavy atom. The Morgan fingerprint density at radius 2 is 1.45 bits per heavy atom. The van der Waals surface area contributed by atoms with Gasteiger partial charge in [0.2, 0.25) is 0 Å². The van der Waals surface area contributed by atoms with Crippen molar-refractivity contribution in [1.29, 1.82) is 0 Å². The first-order chi connectivity index (χ1) is 14.0. The van der Waals surface area contributed by atoms with Crippen molar-refractivity contribution in [2.45, 2.75) is 13.0 Å². The van der Waals surface area contributed by atoms with Gasteiger partial charge in [0.15, 0.2) is 0 Å². The third-order valence-electron chi connectivity index (χ3n) is 3.72. The van der Waals surface area contributed by atoms with E-state index in [4.69, 9.17) is 22.3 Å². The van der Waals surface area contributed by atoms with Crippen molar-refractivity contribution >= 4 is 12.4 Å². The van der Waals surface area contributed by atoms with Crippen LogP contribution in [0.3, 0.4) is 0 Å². The Hall–Kier alpha value is -3.90. The zero-order valence-electron chi connectivity index (χ0n) is 16.1. The summed E-state index contributed by atoms with van der Waals surface area (Å²) in [5.74, 6) is 5.81. The minimum atomic E-state index is -0.122. The van der Waals surface area contributed by atoms with Crippen LogP contribution in [0.15, 0.2) is 46.4 Å². The van der Waals surface area contributed by atoms with Crippen LogP contribution in [0.2, 0.25) is 0 Å². The third kappa shape index (κ3) is 6.97. The van der Waals surface area contributed by atoms with Crippen LogP contribution in [-0.2, 0) is 0 Å². The van der Waals surface area contributed by atoms with Gasteiger partial charge in [-0.05, 0) is 31.2 Å². The van der Waals surface area contributed by atoms with Gasteiger partial charge in [-0.3, -0.25) is 9.98 Å². The van der Waals surface area contributed by atoms with Crippen LogP contribution in [0.5, 0.6) is 23.0 Å². The van der Waals surface area contributed by atoms with Crippen molar-refractivity contribution in [1.82, 2.24) is 0 Å². The minimum Gasteiger partial charge on any atom is -0.507 e. The lowest BCUT2D eigenvalue weighted by atomic mass is 10.2. The van der Waals surface area contributed by atoms with E-state index in [9.17, 15) is 10.2 Å². The van der Waals surface area contributed by atoms with Crippen molar-refractivity contribution in [2.75, 3.05) is 19.8 Å². The number of terminal acetylenes is 2. The van der Waals surface area contributed by atoms with Crippen LogP contribution < -0.4 is 9.47 Å². The molecule has 2 N–H and O–H groups in total. The van der Waals surface area contributed by atoms with Gasteiger partial charge < -0.3 is 19.7 Å². The van der Waals surface area contributed by atoms with Crippen molar-refractivity contribution in [3.05, 3.63) is 47.5 Å². The zero-order chi connectivity index (χ0) is 21.1. The van der Waals surface area contributed by atoms with E-state index < -0.39 is 0 Å². The molecule has 0 aliphatic carbocycles. The molecular weight excluding hydrogens is 368 g/mol. The van der Waals surface area contributed by atoms with E-state index in [1.54, 1.807) is 36.7 Å². The van der Waals surface area contributed by atoms with Gasteiger partial charge in [-0.25, -0.2) is 0 Å². The molecule has 0 saturated heterocycles. The Bertz CT molecular complexity index is 968. The van der Waals surface area contributed by atoms with Crippen molar-refractivity contribution in [3.63, 3.8) is 0 Å². The quantitative estimate of drug-likeness (QED) is 0.509. The molecule has 2 rings (SSSR count). The highest BCUT2D eigenvalue weighted by Crippen LogP contribution is 2.23. The predicted molar refractivity (Wildman–Crippen MR) is 114 cm³/mol. The number of aliphatic imine (C=N–C) groups is 2. The highest BCUT2D eigenvalue weighted by molar-refractivity contribution is 5.84. The van der Waals surface area contributed by atoms with Crippen LogP contribution in [0.25, 0.3) is 0 Å². The Morgan fingerprint density at radius 1 is 0.931 bits per heavy atom. The first-order valence-electron chi connectivity index (χ1n) is 8.85. The van der Waals surface area contributed by atoms with E-state index in [0.717, 1.165) is 0 Å². The standard InChI is InChI=1S/C23H22N2O4/c1-4-10-28-20-8-6-18(22(26)12-20)15-24-14-17(3)25-16-19-7-9-21(13-23(19)27)29-11-5-2/h1-2,6-9,12-13,15-17,26-27H,10-11,14H2,3H3. The zero-order valence-corrected chi connectivity index (χ0v) is 16.1. The second-order valence-electron chi connectivity index (χ2n) is 6.05. The summed E-state index contributed by atoms with van der Waals surface area (Å²) in [7, 11) is 0. The molecule has 0 amide bonds. The van der Waals surface area contributed by atoms with Gasteiger partial charge in [-0.2, -0.15) is 0 Å². The fraction of sp³-hybridized carbons (Fsp3) is 0.217. The highest BCUT2D eigenvalue weighted by Gasteiger charge is 2.04. The van der Waals surface area contributed by atoms with E-state index in [2.05, 4.69) is 21.8 Å². The van der Waals surface area contributed by atoms with Gasteiger partial charge in [0, 0.05) is 35.7 Å². The largest absolute Gasteiger partial charge is 0.507 e. The fourth-order valence-corrected chi connectivity index (χ4v) is 2.25. The number of nitrogens with zero attached hydrogens (tertiary/aromatic N) is 2. The third-order valence-corrected chi connectivity index (χ3v) is 3.72. The summed E-state index contributed by atoms with van der Waals surface area (Å²) in [5.41, 5.74) is 1.13. The maximum Gasteiger partial charge on any atom is 0.148 e. The van der Waals surface area contributed by atoms with E-state index in [1.165, 1.54) is 12.1 Å². The minimum absolute atomic E-state index is 0.0519. The molecule has 2 aromatic rings. The molecule has 1 unspecified atom stereocenters. The number of hydrogen-bond acceptors (Lipinski definition) is 6. The molecule has 0 fully saturated rings. The molecule has 148 valence electrons. The number of ether oxygens (including phenoxy) is 2. The van der Waals surface area contributed by atoms with Crippen molar-refractivity contribution in [3.8, 4) is 47.7 Å². The van der Waals surface area contributed by atoms with E-state index in [1.807, 2.05) is 6.92 Å². The van der Waals surface area contributed by atoms with Crippen LogP contribution in [0.4, 0.5) is 0 Å². The molecule has 0 aliphatic heterocycles. The first kappa shape index (κ1) is 21.4. The smallest absolute Gasteiger partial charge is 0.148 e. The topological polar surface area (TPSA) is 83.6 Å². The van der Waals surface area contributed by atoms with Gasteiger partial charge in [-0.15, -0.1) is 12.8 Å². The van der Waals surface area contributed by atoms with Gasteiger partial charge >= 0.3 is 0 Å². The first-order valence-corrected chi connectivity index (χ1v) is 8.85. The lowest BCUT2D eigenvalue weighted by molar-refractivity contribution is 0.366. The summed E-state index contributed by atoms with van der Waals surface area (Å²) in [6, 6.07) is 9.66. The Balaban J connectivity index is 1.91. The van der Waals surface area contributed by atoms with Gasteiger partial charge in [0.1, 0.15) is 36.2 Å². The maximum atomic E-state index is 10.0. The molecule has 2 aromatic carbocycles. The van der Waals surface area contributed by atoms with Crippen molar-refractivity contribution in [2.24, 2.45) is 9.98 Å². The van der Waals surface area contributed by atoms with Gasteiger partial charge in [0.05, 0.1) is 12.6 Å². The lowest BCUT2D eigenvalue weighted by Gasteiger charge is -2.06. The van der Waals surface area contributed by atoms with Crippen LogP contribution in [-0.4, -0.2) is 48.4 Å². The molecule has 1 atom stereocenters. The average molecular weight is 390 g/mol. The van der Waals surface area contributed by atoms with Gasteiger partial charge in [0.25, 0.3) is 0 Å². The maximum absolute atomic E-state index is 10.0. The van der Waals surface area contributed by atoms with Crippen LogP contribution in [0, 0.1) is 24.7 Å². The second kappa shape index (κ2) is 11.1. The van der Waals surface area contributed by atoms with Gasteiger partial charge in [-0.1, -0.05) is 11.8 Å². The number of phenols is 2. The fourth-order valence-electron chi connectivity index (χ4n) is 2.25. The van der Waals surface area contributed by atoms with Crippen LogP contribution >= 0.6 is 0 Å². The summed E-state index contributed by atoms with van der Waals surface area (Å²) < 4.78 is 10.5. The molecule has 0 aliphatic rings. The van der Waals surface area contributed by atoms with E-state index >= 15 is 0 Å². The van der Waals surface area contributed by atoms with Crippen LogP contribution in [0.1, 0.15) is 18.1 Å². The summed E-state index contributed by atoms with van der Waals surface area (Å²) >= 11 is 0. The molecule has 0 spiro atoms. The predicted octanol–water partition coefficient (Wildman–Crippen LogP) is 3.05. The number of rotatable bonds is 9. The molecule has 0 saturated carbocycles. The Kier molecular flexibility index (Phi) is 8.16. The molecule has 0 heterocycles. The summed E-state index contributed by atoms with van der Waals surface area (Å²) in [4.78, 5) is 8.68. The molecule has 0 aromatic heterocycles. The molecule has 0 radical (unpaired) electrons. The number of phenolic OH excluding ortho intramolecular Hbond substituents is 2. The summed E-state index contributed by atoms with van der Waals surface area (Å²) in [5, 5.41) is 20.0. The molecule has 6 nitrogen and oxygen atoms in total. The number of aromatic hydroxyl groups is 2. The molecular formula is C23H22N2O4. The number of hydrogen-bond donors (Lipinski definition) is 2. The lowest BCUT2D eigenvalue weighted by Crippen LogP contribution is -2.04. The van der Waals surface area contributed by atoms with E-state index in [0.29, 0.717) is 29.2 Å². The number of benzene rings is 2. The SMILES string of the molecule is C#CCOc1ccc(C=NCC(C)N=Cc2ccc(OCC#C)cc2O)c(O)c1. The monoisotopic (exact) mass is 390 g/mol. The summed E-state index contributed by atoms with van der Waals surface area (Å²) in [6.45, 7) is 2.58. The average Bonchev–Trinajstić information content (AvgIpc) is 2.71.